The third kappa shape index (κ3) is 2.67. The zero-order chi connectivity index (χ0) is 7.40. The molecule has 1 saturated heterocycles. The molecule has 0 bridgehead atoms. The summed E-state index contributed by atoms with van der Waals surface area (Å²) in [6.45, 7) is 5.12. The predicted molar refractivity (Wildman–Crippen MR) is 40.9 cm³/mol. The lowest BCUT2D eigenvalue weighted by Gasteiger charge is -2.23. The zero-order valence-corrected chi connectivity index (χ0v) is 6.84. The van der Waals surface area contributed by atoms with E-state index < -0.39 is 0 Å². The molecule has 0 N–H and O–H groups in total. The van der Waals surface area contributed by atoms with E-state index in [0.717, 1.165) is 13.0 Å². The number of ether oxygens (including phenoxy) is 1. The molecule has 0 spiro atoms. The van der Waals surface area contributed by atoms with Gasteiger partial charge in [-0.2, -0.15) is 0 Å². The van der Waals surface area contributed by atoms with Gasteiger partial charge in [0.15, 0.2) is 0 Å². The molecular formula is C8H16NO. The summed E-state index contributed by atoms with van der Waals surface area (Å²) in [7, 11) is 0. The van der Waals surface area contributed by atoms with Crippen LogP contribution in [0.4, 0.5) is 0 Å². The van der Waals surface area contributed by atoms with Gasteiger partial charge in [-0.1, -0.05) is 0 Å². The number of hydrogen-bond donors (Lipinski definition) is 0. The Bertz CT molecular complexity index is 87.3. The molecule has 1 rings (SSSR count). The summed E-state index contributed by atoms with van der Waals surface area (Å²) >= 11 is 0. The normalized spacial score (nSPS) is 27.3. The average Bonchev–Trinajstić information content (AvgIpc) is 1.88. The van der Waals surface area contributed by atoms with Gasteiger partial charge in [-0.25, -0.2) is 5.32 Å². The van der Waals surface area contributed by atoms with Crippen molar-refractivity contribution in [2.24, 2.45) is 0 Å². The number of rotatable bonds is 2. The fourth-order valence-electron chi connectivity index (χ4n) is 1.18. The van der Waals surface area contributed by atoms with E-state index in [0.29, 0.717) is 6.10 Å². The van der Waals surface area contributed by atoms with Crippen molar-refractivity contribution < 1.29 is 4.74 Å². The molecule has 59 valence electrons. The van der Waals surface area contributed by atoms with Crippen LogP contribution in [0.25, 0.3) is 0 Å². The first kappa shape index (κ1) is 8.02. The molecule has 1 radical (unpaired) electrons. The van der Waals surface area contributed by atoms with Crippen LogP contribution in [0.3, 0.4) is 0 Å². The highest BCUT2D eigenvalue weighted by Crippen LogP contribution is 2.10. The third-order valence-electron chi connectivity index (χ3n) is 1.62. The lowest BCUT2D eigenvalue weighted by Crippen LogP contribution is -2.32. The van der Waals surface area contributed by atoms with Crippen LogP contribution < -0.4 is 5.32 Å². The van der Waals surface area contributed by atoms with E-state index in [-0.39, 0.29) is 6.23 Å². The molecule has 2 nitrogen and oxygen atoms in total. The van der Waals surface area contributed by atoms with E-state index in [1.165, 1.54) is 12.8 Å². The van der Waals surface area contributed by atoms with Crippen molar-refractivity contribution in [1.82, 2.24) is 5.32 Å². The quantitative estimate of drug-likeness (QED) is 0.573. The molecule has 0 aromatic heterocycles. The summed E-state index contributed by atoms with van der Waals surface area (Å²) in [6.07, 6.45) is 4.18. The topological polar surface area (TPSA) is 23.3 Å². The first-order chi connectivity index (χ1) is 4.79. The molecule has 0 aliphatic carbocycles. The van der Waals surface area contributed by atoms with Gasteiger partial charge in [0.1, 0.15) is 6.23 Å². The van der Waals surface area contributed by atoms with Crippen LogP contribution in [-0.2, 0) is 4.74 Å². The van der Waals surface area contributed by atoms with Crippen molar-refractivity contribution in [3.8, 4) is 0 Å². The first-order valence-electron chi connectivity index (χ1n) is 4.11. The van der Waals surface area contributed by atoms with Crippen molar-refractivity contribution in [1.29, 1.82) is 0 Å². The molecule has 0 aromatic rings. The Morgan fingerprint density at radius 3 is 2.70 bits per heavy atom. The fraction of sp³-hybridized carbons (Fsp3) is 1.00. The molecule has 0 saturated carbocycles. The van der Waals surface area contributed by atoms with Gasteiger partial charge in [0.05, 0.1) is 6.10 Å². The van der Waals surface area contributed by atoms with Gasteiger partial charge in [-0.05, 0) is 33.1 Å². The largest absolute Gasteiger partial charge is 0.359 e. The molecule has 2 heteroatoms. The maximum atomic E-state index is 5.52. The Labute approximate surface area is 63.0 Å². The molecule has 1 atom stereocenters. The van der Waals surface area contributed by atoms with E-state index >= 15 is 0 Å². The monoisotopic (exact) mass is 142 g/mol. The molecule has 1 fully saturated rings. The van der Waals surface area contributed by atoms with Crippen molar-refractivity contribution in [2.75, 3.05) is 6.54 Å². The first-order valence-corrected chi connectivity index (χ1v) is 4.11. The van der Waals surface area contributed by atoms with Gasteiger partial charge in [-0.3, -0.25) is 0 Å². The van der Waals surface area contributed by atoms with Gasteiger partial charge in [-0.15, -0.1) is 0 Å². The van der Waals surface area contributed by atoms with Crippen LogP contribution in [0.15, 0.2) is 0 Å². The molecule has 1 unspecified atom stereocenters. The SMILES string of the molecule is CC(C)OC1CCCC[N]1. The minimum absolute atomic E-state index is 0.203. The molecule has 10 heavy (non-hydrogen) atoms. The Hall–Kier alpha value is -0.0800. The van der Waals surface area contributed by atoms with Crippen molar-refractivity contribution in [2.45, 2.75) is 45.4 Å². The summed E-state index contributed by atoms with van der Waals surface area (Å²) in [4.78, 5) is 0. The molecule has 1 aliphatic heterocycles. The lowest BCUT2D eigenvalue weighted by molar-refractivity contribution is -0.0282. The van der Waals surface area contributed by atoms with Gasteiger partial charge < -0.3 is 4.74 Å². The van der Waals surface area contributed by atoms with Crippen LogP contribution in [0.5, 0.6) is 0 Å². The van der Waals surface area contributed by atoms with Gasteiger partial charge >= 0.3 is 0 Å². The van der Waals surface area contributed by atoms with Crippen LogP contribution >= 0.6 is 0 Å². The van der Waals surface area contributed by atoms with Crippen molar-refractivity contribution in [3.05, 3.63) is 0 Å². The number of nitrogens with zero attached hydrogens (tertiary/aromatic N) is 1. The Morgan fingerprint density at radius 1 is 1.40 bits per heavy atom. The highest BCUT2D eigenvalue weighted by Gasteiger charge is 2.14. The summed E-state index contributed by atoms with van der Waals surface area (Å²) in [5.74, 6) is 0. The maximum absolute atomic E-state index is 5.52. The van der Waals surface area contributed by atoms with E-state index in [9.17, 15) is 0 Å². The summed E-state index contributed by atoms with van der Waals surface area (Å²) < 4.78 is 5.52. The molecule has 0 aromatic carbocycles. The smallest absolute Gasteiger partial charge is 0.123 e. The molecular weight excluding hydrogens is 126 g/mol. The average molecular weight is 142 g/mol. The molecule has 1 heterocycles. The minimum Gasteiger partial charge on any atom is -0.359 e. The van der Waals surface area contributed by atoms with Gasteiger partial charge in [0.25, 0.3) is 0 Å². The minimum atomic E-state index is 0.203. The standard InChI is InChI=1S/C8H16NO/c1-7(2)10-8-5-3-4-6-9-8/h7-8H,3-6H2,1-2H3. The Kier molecular flexibility index (Phi) is 3.16. The van der Waals surface area contributed by atoms with E-state index in [2.05, 4.69) is 19.2 Å². The van der Waals surface area contributed by atoms with E-state index in [4.69, 9.17) is 4.74 Å². The van der Waals surface area contributed by atoms with Gasteiger partial charge in [0, 0.05) is 6.54 Å². The fourth-order valence-corrected chi connectivity index (χ4v) is 1.18. The summed E-state index contributed by atoms with van der Waals surface area (Å²) in [5.41, 5.74) is 0. The summed E-state index contributed by atoms with van der Waals surface area (Å²) in [6, 6.07) is 0. The number of hydrogen-bond acceptors (Lipinski definition) is 1. The van der Waals surface area contributed by atoms with Crippen LogP contribution in [0, 0.1) is 0 Å². The third-order valence-corrected chi connectivity index (χ3v) is 1.62. The second-order valence-electron chi connectivity index (χ2n) is 3.04. The molecule has 0 amide bonds. The van der Waals surface area contributed by atoms with Crippen molar-refractivity contribution >= 4 is 0 Å². The number of piperidine rings is 1. The second kappa shape index (κ2) is 3.94. The second-order valence-corrected chi connectivity index (χ2v) is 3.04. The van der Waals surface area contributed by atoms with Gasteiger partial charge in [0.2, 0.25) is 0 Å². The van der Waals surface area contributed by atoms with Crippen LogP contribution in [-0.4, -0.2) is 18.9 Å². The van der Waals surface area contributed by atoms with Crippen LogP contribution in [0.1, 0.15) is 33.1 Å². The van der Waals surface area contributed by atoms with Crippen LogP contribution in [0.2, 0.25) is 0 Å². The Morgan fingerprint density at radius 2 is 2.20 bits per heavy atom. The van der Waals surface area contributed by atoms with Crippen molar-refractivity contribution in [3.63, 3.8) is 0 Å². The highest BCUT2D eigenvalue weighted by atomic mass is 16.5. The maximum Gasteiger partial charge on any atom is 0.123 e. The molecule has 1 aliphatic rings. The predicted octanol–water partition coefficient (Wildman–Crippen LogP) is 1.53. The zero-order valence-electron chi connectivity index (χ0n) is 6.84. The van der Waals surface area contributed by atoms with E-state index in [1.807, 2.05) is 0 Å². The Balaban J connectivity index is 2.13. The highest BCUT2D eigenvalue weighted by molar-refractivity contribution is 4.63. The lowest BCUT2D eigenvalue weighted by atomic mass is 10.1. The summed E-state index contributed by atoms with van der Waals surface area (Å²) in [5, 5.41) is 4.35. The van der Waals surface area contributed by atoms with E-state index in [1.54, 1.807) is 0 Å².